The molecule has 7 heteroatoms. The molecule has 7 nitrogen and oxygen atoms in total. The fourth-order valence-corrected chi connectivity index (χ4v) is 3.49. The van der Waals surface area contributed by atoms with Gasteiger partial charge in [-0.15, -0.1) is 0 Å². The smallest absolute Gasteiger partial charge is 0.274 e. The maximum atomic E-state index is 12.6. The number of anilines is 1. The molecule has 0 aliphatic carbocycles. The zero-order valence-corrected chi connectivity index (χ0v) is 11.6. The van der Waals surface area contributed by atoms with Gasteiger partial charge < -0.3 is 4.74 Å². The van der Waals surface area contributed by atoms with E-state index in [4.69, 9.17) is 4.74 Å². The van der Waals surface area contributed by atoms with Crippen LogP contribution in [0.15, 0.2) is 30.4 Å². The van der Waals surface area contributed by atoms with Crippen LogP contribution in [0, 0.1) is 28.9 Å². The van der Waals surface area contributed by atoms with Crippen LogP contribution in [0.3, 0.4) is 0 Å². The van der Waals surface area contributed by atoms with Crippen molar-refractivity contribution in [2.24, 2.45) is 11.8 Å². The van der Waals surface area contributed by atoms with Crippen molar-refractivity contribution in [2.45, 2.75) is 19.1 Å². The van der Waals surface area contributed by atoms with Gasteiger partial charge in [-0.25, -0.2) is 4.90 Å². The van der Waals surface area contributed by atoms with Gasteiger partial charge in [-0.2, -0.15) is 0 Å². The number of fused-ring (bicyclic) bond motifs is 5. The van der Waals surface area contributed by atoms with Crippen LogP contribution in [0.4, 0.5) is 11.4 Å². The van der Waals surface area contributed by atoms with Crippen molar-refractivity contribution in [3.8, 4) is 0 Å². The molecular weight excluding hydrogens is 288 g/mol. The van der Waals surface area contributed by atoms with E-state index < -0.39 is 16.8 Å². The lowest BCUT2D eigenvalue weighted by Gasteiger charge is -2.17. The first-order valence-electron chi connectivity index (χ1n) is 6.95. The zero-order chi connectivity index (χ0) is 15.6. The molecule has 112 valence electrons. The molecule has 2 fully saturated rings. The molecule has 0 N–H and O–H groups in total. The summed E-state index contributed by atoms with van der Waals surface area (Å²) < 4.78 is 5.56. The topological polar surface area (TPSA) is 89.8 Å². The maximum absolute atomic E-state index is 12.6. The number of benzene rings is 1. The SMILES string of the molecule is Cc1ccc(N2C(=O)[C@@H]3[C@H](C2=O)[C@@H]2C=C[C@H]3O2)cc1[N+](=O)[O-]. The minimum Gasteiger partial charge on any atom is -0.365 e. The number of nitro groups is 1. The summed E-state index contributed by atoms with van der Waals surface area (Å²) in [5, 5.41) is 11.0. The lowest BCUT2D eigenvalue weighted by molar-refractivity contribution is -0.385. The number of nitrogens with zero attached hydrogens (tertiary/aromatic N) is 2. The molecule has 3 aliphatic rings. The number of carbonyl (C=O) groups excluding carboxylic acids is 2. The molecule has 0 radical (unpaired) electrons. The summed E-state index contributed by atoms with van der Waals surface area (Å²) in [6, 6.07) is 4.39. The Labute approximate surface area is 125 Å². The molecule has 4 rings (SSSR count). The van der Waals surface area contributed by atoms with Gasteiger partial charge in [0, 0.05) is 11.6 Å². The summed E-state index contributed by atoms with van der Waals surface area (Å²) in [5.41, 5.74) is 0.631. The van der Waals surface area contributed by atoms with Gasteiger partial charge in [-0.05, 0) is 13.0 Å². The number of carbonyl (C=O) groups is 2. The Balaban J connectivity index is 1.76. The minimum atomic E-state index is -0.515. The van der Waals surface area contributed by atoms with Gasteiger partial charge in [0.05, 0.1) is 34.7 Å². The van der Waals surface area contributed by atoms with E-state index in [0.29, 0.717) is 5.56 Å². The summed E-state index contributed by atoms with van der Waals surface area (Å²) in [6.45, 7) is 1.61. The van der Waals surface area contributed by atoms with Gasteiger partial charge in [-0.3, -0.25) is 19.7 Å². The Kier molecular flexibility index (Phi) is 2.53. The average molecular weight is 300 g/mol. The molecule has 0 unspecified atom stereocenters. The predicted octanol–water partition coefficient (Wildman–Crippen LogP) is 1.35. The summed E-state index contributed by atoms with van der Waals surface area (Å²) in [6.07, 6.45) is 2.88. The van der Waals surface area contributed by atoms with Crippen LogP contribution in [0.2, 0.25) is 0 Å². The molecule has 3 aliphatic heterocycles. The van der Waals surface area contributed by atoms with Crippen molar-refractivity contribution in [1.82, 2.24) is 0 Å². The highest BCUT2D eigenvalue weighted by atomic mass is 16.6. The van der Waals surface area contributed by atoms with Gasteiger partial charge in [0.15, 0.2) is 0 Å². The first-order chi connectivity index (χ1) is 10.5. The van der Waals surface area contributed by atoms with Crippen molar-refractivity contribution < 1.29 is 19.2 Å². The highest BCUT2D eigenvalue weighted by Crippen LogP contribution is 2.46. The normalized spacial score (nSPS) is 32.0. The van der Waals surface area contributed by atoms with Crippen LogP contribution >= 0.6 is 0 Å². The third-order valence-electron chi connectivity index (χ3n) is 4.56. The average Bonchev–Trinajstić information content (AvgIpc) is 3.14. The first kappa shape index (κ1) is 13.1. The van der Waals surface area contributed by atoms with Crippen LogP contribution in [0.5, 0.6) is 0 Å². The number of ether oxygens (including phenoxy) is 1. The Morgan fingerprint density at radius 3 is 2.27 bits per heavy atom. The Morgan fingerprint density at radius 1 is 1.14 bits per heavy atom. The van der Waals surface area contributed by atoms with Crippen molar-refractivity contribution in [3.63, 3.8) is 0 Å². The zero-order valence-electron chi connectivity index (χ0n) is 11.6. The summed E-state index contributed by atoms with van der Waals surface area (Å²) >= 11 is 0. The molecule has 1 aromatic carbocycles. The Bertz CT molecular complexity index is 726. The monoisotopic (exact) mass is 300 g/mol. The van der Waals surface area contributed by atoms with Gasteiger partial charge >= 0.3 is 0 Å². The quantitative estimate of drug-likeness (QED) is 0.356. The maximum Gasteiger partial charge on any atom is 0.274 e. The van der Waals surface area contributed by atoms with E-state index in [1.54, 1.807) is 31.2 Å². The van der Waals surface area contributed by atoms with E-state index in [9.17, 15) is 19.7 Å². The number of imide groups is 1. The predicted molar refractivity (Wildman–Crippen MR) is 75.1 cm³/mol. The third kappa shape index (κ3) is 1.54. The van der Waals surface area contributed by atoms with Gasteiger partial charge in [0.1, 0.15) is 0 Å². The summed E-state index contributed by atoms with van der Waals surface area (Å²) in [7, 11) is 0. The number of hydrogen-bond acceptors (Lipinski definition) is 5. The second-order valence-corrected chi connectivity index (χ2v) is 5.74. The molecule has 0 spiro atoms. The standard InChI is InChI=1S/C15H12N2O5/c1-7-2-3-8(6-9(7)17(20)21)16-14(18)12-10-4-5-11(22-10)13(12)15(16)19/h2-6,10-13H,1H3/t10-,11+,12+,13-. The molecule has 4 atom stereocenters. The van der Waals surface area contributed by atoms with Gasteiger partial charge in [0.2, 0.25) is 11.8 Å². The van der Waals surface area contributed by atoms with E-state index in [2.05, 4.69) is 0 Å². The molecule has 22 heavy (non-hydrogen) atoms. The van der Waals surface area contributed by atoms with Crippen LogP contribution in [-0.2, 0) is 14.3 Å². The summed E-state index contributed by atoms with van der Waals surface area (Å²) in [5.74, 6) is -1.71. The van der Waals surface area contributed by atoms with E-state index >= 15 is 0 Å². The number of hydrogen-bond donors (Lipinski definition) is 0. The number of rotatable bonds is 2. The van der Waals surface area contributed by atoms with Crippen molar-refractivity contribution in [3.05, 3.63) is 46.0 Å². The molecule has 2 saturated heterocycles. The third-order valence-corrected chi connectivity index (χ3v) is 4.56. The molecule has 1 aromatic rings. The highest BCUT2D eigenvalue weighted by Gasteiger charge is 2.61. The van der Waals surface area contributed by atoms with E-state index in [1.807, 2.05) is 0 Å². The van der Waals surface area contributed by atoms with Crippen LogP contribution in [-0.4, -0.2) is 28.9 Å². The lowest BCUT2D eigenvalue weighted by Crippen LogP contribution is -2.34. The largest absolute Gasteiger partial charge is 0.365 e. The Morgan fingerprint density at radius 2 is 1.73 bits per heavy atom. The van der Waals surface area contributed by atoms with Crippen LogP contribution in [0.1, 0.15) is 5.56 Å². The number of aryl methyl sites for hydroxylation is 1. The lowest BCUT2D eigenvalue weighted by atomic mass is 9.85. The second-order valence-electron chi connectivity index (χ2n) is 5.74. The minimum absolute atomic E-state index is 0.104. The molecular formula is C15H12N2O5. The van der Waals surface area contributed by atoms with Crippen molar-refractivity contribution in [1.29, 1.82) is 0 Å². The number of amides is 2. The van der Waals surface area contributed by atoms with E-state index in [1.165, 1.54) is 6.07 Å². The summed E-state index contributed by atoms with van der Waals surface area (Å²) in [4.78, 5) is 36.8. The van der Waals surface area contributed by atoms with Crippen molar-refractivity contribution in [2.75, 3.05) is 4.90 Å². The van der Waals surface area contributed by atoms with E-state index in [-0.39, 0.29) is 35.4 Å². The highest BCUT2D eigenvalue weighted by molar-refractivity contribution is 6.23. The fraction of sp³-hybridized carbons (Fsp3) is 0.333. The fourth-order valence-electron chi connectivity index (χ4n) is 3.49. The van der Waals surface area contributed by atoms with Crippen LogP contribution in [0.25, 0.3) is 0 Å². The number of nitro benzene ring substituents is 1. The second kappa shape index (κ2) is 4.23. The van der Waals surface area contributed by atoms with Crippen LogP contribution < -0.4 is 4.90 Å². The van der Waals surface area contributed by atoms with Crippen molar-refractivity contribution >= 4 is 23.2 Å². The first-order valence-corrected chi connectivity index (χ1v) is 6.95. The van der Waals surface area contributed by atoms with Gasteiger partial charge in [-0.1, -0.05) is 18.2 Å². The van der Waals surface area contributed by atoms with Gasteiger partial charge in [0.25, 0.3) is 5.69 Å². The molecule has 2 bridgehead atoms. The molecule has 0 saturated carbocycles. The Hall–Kier alpha value is -2.54. The molecule has 0 aromatic heterocycles. The molecule has 2 amide bonds. The molecule has 3 heterocycles. The van der Waals surface area contributed by atoms with E-state index in [0.717, 1.165) is 4.90 Å².